The Bertz CT molecular complexity index is 1210. The smallest absolute Gasteiger partial charge is 0.405 e. The number of aromatic amines is 2. The molecule has 2 atom stereocenters. The number of ether oxygens (including phenoxy) is 1. The van der Waals surface area contributed by atoms with Gasteiger partial charge in [0.15, 0.2) is 5.69 Å². The number of allylic oxidation sites excluding steroid dienone is 1. The molecule has 0 spiro atoms. The lowest BCUT2D eigenvalue weighted by atomic mass is 9.84. The first kappa shape index (κ1) is 22.8. The SMILES string of the molecule is CC1=CC2=Nc3c([nH]c(=O)[nH]c3=O)N(CCNCc3ccccc3OC(F)(F)F)C2CC1C. The first-order chi connectivity index (χ1) is 15.6. The van der Waals surface area contributed by atoms with Crippen molar-refractivity contribution in [3.8, 4) is 5.75 Å². The first-order valence-corrected chi connectivity index (χ1v) is 10.6. The normalized spacial score (nSPS) is 20.0. The summed E-state index contributed by atoms with van der Waals surface area (Å²) in [6.45, 7) is 5.06. The van der Waals surface area contributed by atoms with Crippen LogP contribution < -0.4 is 26.2 Å². The van der Waals surface area contributed by atoms with E-state index in [0.717, 1.165) is 17.7 Å². The maximum atomic E-state index is 12.7. The molecule has 2 unspecified atom stereocenters. The summed E-state index contributed by atoms with van der Waals surface area (Å²) in [4.78, 5) is 35.6. The molecule has 0 amide bonds. The van der Waals surface area contributed by atoms with Gasteiger partial charge in [-0.15, -0.1) is 13.2 Å². The molecule has 1 aliphatic carbocycles. The van der Waals surface area contributed by atoms with Gasteiger partial charge in [-0.3, -0.25) is 14.8 Å². The van der Waals surface area contributed by atoms with Crippen LogP contribution in [0.25, 0.3) is 0 Å². The van der Waals surface area contributed by atoms with Crippen molar-refractivity contribution in [1.82, 2.24) is 15.3 Å². The van der Waals surface area contributed by atoms with Gasteiger partial charge in [0, 0.05) is 25.2 Å². The fourth-order valence-corrected chi connectivity index (χ4v) is 4.14. The zero-order chi connectivity index (χ0) is 23.8. The summed E-state index contributed by atoms with van der Waals surface area (Å²) in [7, 11) is 0. The third kappa shape index (κ3) is 5.03. The molecule has 0 saturated carbocycles. The maximum Gasteiger partial charge on any atom is 0.573 e. The summed E-state index contributed by atoms with van der Waals surface area (Å²) >= 11 is 0. The lowest BCUT2D eigenvalue weighted by Crippen LogP contribution is -2.50. The minimum Gasteiger partial charge on any atom is -0.405 e. The number of hydrogen-bond donors (Lipinski definition) is 3. The van der Waals surface area contributed by atoms with Gasteiger partial charge in [0.1, 0.15) is 11.6 Å². The van der Waals surface area contributed by atoms with E-state index in [9.17, 15) is 22.8 Å². The van der Waals surface area contributed by atoms with E-state index in [0.29, 0.717) is 30.4 Å². The monoisotopic (exact) mass is 463 g/mol. The molecule has 1 aromatic heterocycles. The molecule has 4 rings (SSSR count). The second kappa shape index (κ2) is 8.89. The number of fused-ring (bicyclic) bond motifs is 2. The summed E-state index contributed by atoms with van der Waals surface area (Å²) in [6, 6.07) is 5.81. The Hall–Kier alpha value is -3.34. The number of nitrogens with zero attached hydrogens (tertiary/aromatic N) is 2. The number of para-hydroxylation sites is 1. The van der Waals surface area contributed by atoms with Gasteiger partial charge in [-0.1, -0.05) is 30.7 Å². The van der Waals surface area contributed by atoms with Crippen LogP contribution >= 0.6 is 0 Å². The molecular weight excluding hydrogens is 439 g/mol. The number of H-pyrrole nitrogens is 2. The van der Waals surface area contributed by atoms with Crippen LogP contribution in [0.1, 0.15) is 25.8 Å². The second-order valence-electron chi connectivity index (χ2n) is 8.21. The molecule has 0 radical (unpaired) electrons. The number of aromatic nitrogens is 2. The Balaban J connectivity index is 1.52. The first-order valence-electron chi connectivity index (χ1n) is 10.6. The Labute approximate surface area is 187 Å². The van der Waals surface area contributed by atoms with Gasteiger partial charge >= 0.3 is 12.1 Å². The van der Waals surface area contributed by atoms with E-state index in [1.54, 1.807) is 12.1 Å². The van der Waals surface area contributed by atoms with Gasteiger partial charge in [-0.2, -0.15) is 0 Å². The number of alkyl halides is 3. The standard InChI is InChI=1S/C22H24F3N5O3/c1-12-9-15-16(10-13(12)2)30(19-18(27-15)20(31)29-21(32)28-19)8-7-26-11-14-5-3-4-6-17(14)33-22(23,24)25/h3-6,9,13,16,26H,7-8,10-11H2,1-2H3,(H2,28,29,31,32). The second-order valence-corrected chi connectivity index (χ2v) is 8.21. The molecule has 2 aromatic rings. The molecule has 0 bridgehead atoms. The van der Waals surface area contributed by atoms with E-state index in [4.69, 9.17) is 0 Å². The van der Waals surface area contributed by atoms with E-state index < -0.39 is 17.6 Å². The van der Waals surface area contributed by atoms with E-state index >= 15 is 0 Å². The number of hydrogen-bond acceptors (Lipinski definition) is 6. The number of anilines is 1. The van der Waals surface area contributed by atoms with Crippen LogP contribution in [0.4, 0.5) is 24.7 Å². The van der Waals surface area contributed by atoms with Crippen LogP contribution in [0.5, 0.6) is 5.75 Å². The van der Waals surface area contributed by atoms with Gasteiger partial charge < -0.3 is 15.0 Å². The molecule has 11 heteroatoms. The third-order valence-corrected chi connectivity index (χ3v) is 5.92. The van der Waals surface area contributed by atoms with Crippen molar-refractivity contribution in [2.24, 2.45) is 10.9 Å². The Morgan fingerprint density at radius 3 is 2.76 bits per heavy atom. The molecule has 1 aliphatic heterocycles. The van der Waals surface area contributed by atoms with E-state index in [2.05, 4.69) is 31.9 Å². The van der Waals surface area contributed by atoms with Gasteiger partial charge in [0.25, 0.3) is 5.56 Å². The molecule has 3 N–H and O–H groups in total. The van der Waals surface area contributed by atoms with Crippen molar-refractivity contribution in [2.45, 2.75) is 39.2 Å². The minimum absolute atomic E-state index is 0.128. The molecule has 2 heterocycles. The number of aliphatic imine (C=N–C) groups is 1. The average Bonchev–Trinajstić information content (AvgIpc) is 2.72. The van der Waals surface area contributed by atoms with Crippen molar-refractivity contribution >= 4 is 17.2 Å². The molecule has 2 aliphatic rings. The fraction of sp³-hybridized carbons (Fsp3) is 0.409. The summed E-state index contributed by atoms with van der Waals surface area (Å²) in [6.07, 6.45) is -2.04. The van der Waals surface area contributed by atoms with Crippen LogP contribution in [-0.2, 0) is 6.54 Å². The zero-order valence-electron chi connectivity index (χ0n) is 18.1. The minimum atomic E-state index is -4.77. The highest BCUT2D eigenvalue weighted by molar-refractivity contribution is 6.06. The van der Waals surface area contributed by atoms with Gasteiger partial charge in [0.2, 0.25) is 0 Å². The molecule has 1 aromatic carbocycles. The number of nitrogens with one attached hydrogen (secondary N) is 3. The Kier molecular flexibility index (Phi) is 6.15. The summed E-state index contributed by atoms with van der Waals surface area (Å²) in [5, 5.41) is 3.13. The van der Waals surface area contributed by atoms with Crippen molar-refractivity contribution in [2.75, 3.05) is 18.0 Å². The molecular formula is C22H24F3N5O3. The highest BCUT2D eigenvalue weighted by Gasteiger charge is 2.35. The number of benzene rings is 1. The van der Waals surface area contributed by atoms with Crippen molar-refractivity contribution in [3.05, 3.63) is 62.3 Å². The average molecular weight is 463 g/mol. The molecule has 0 saturated heterocycles. The van der Waals surface area contributed by atoms with E-state index in [-0.39, 0.29) is 24.0 Å². The van der Waals surface area contributed by atoms with Crippen LogP contribution in [0.15, 0.2) is 50.5 Å². The van der Waals surface area contributed by atoms with Crippen LogP contribution in [0, 0.1) is 5.92 Å². The topological polar surface area (TPSA) is 103 Å². The number of rotatable bonds is 6. The summed E-state index contributed by atoms with van der Waals surface area (Å²) < 4.78 is 42.1. The predicted molar refractivity (Wildman–Crippen MR) is 118 cm³/mol. The van der Waals surface area contributed by atoms with Crippen molar-refractivity contribution < 1.29 is 17.9 Å². The van der Waals surface area contributed by atoms with Crippen molar-refractivity contribution in [1.29, 1.82) is 0 Å². The summed E-state index contributed by atoms with van der Waals surface area (Å²) in [5.74, 6) is 0.388. The van der Waals surface area contributed by atoms with Crippen LogP contribution in [0.2, 0.25) is 0 Å². The lowest BCUT2D eigenvalue weighted by Gasteiger charge is -2.40. The Morgan fingerprint density at radius 2 is 2.00 bits per heavy atom. The highest BCUT2D eigenvalue weighted by Crippen LogP contribution is 2.35. The van der Waals surface area contributed by atoms with Gasteiger partial charge in [-0.05, 0) is 31.4 Å². The largest absolute Gasteiger partial charge is 0.573 e. The summed E-state index contributed by atoms with van der Waals surface area (Å²) in [5.41, 5.74) is 1.23. The fourth-order valence-electron chi connectivity index (χ4n) is 4.14. The highest BCUT2D eigenvalue weighted by atomic mass is 19.4. The van der Waals surface area contributed by atoms with Crippen molar-refractivity contribution in [3.63, 3.8) is 0 Å². The third-order valence-electron chi connectivity index (χ3n) is 5.92. The Morgan fingerprint density at radius 1 is 1.24 bits per heavy atom. The molecule has 176 valence electrons. The van der Waals surface area contributed by atoms with Gasteiger partial charge in [0.05, 0.1) is 11.8 Å². The molecule has 33 heavy (non-hydrogen) atoms. The van der Waals surface area contributed by atoms with Crippen LogP contribution in [0.3, 0.4) is 0 Å². The van der Waals surface area contributed by atoms with Crippen LogP contribution in [-0.4, -0.2) is 41.2 Å². The zero-order valence-corrected chi connectivity index (χ0v) is 18.1. The number of halogens is 3. The predicted octanol–water partition coefficient (Wildman–Crippen LogP) is 3.00. The quantitative estimate of drug-likeness (QED) is 0.572. The van der Waals surface area contributed by atoms with E-state index in [1.165, 1.54) is 12.1 Å². The molecule has 8 nitrogen and oxygen atoms in total. The lowest BCUT2D eigenvalue weighted by molar-refractivity contribution is -0.274. The maximum absolute atomic E-state index is 12.7. The van der Waals surface area contributed by atoms with Gasteiger partial charge in [-0.25, -0.2) is 9.79 Å². The molecule has 0 fully saturated rings. The van der Waals surface area contributed by atoms with E-state index in [1.807, 2.05) is 17.9 Å².